The van der Waals surface area contributed by atoms with Crippen molar-refractivity contribution in [3.05, 3.63) is 11.4 Å². The van der Waals surface area contributed by atoms with Crippen molar-refractivity contribution in [3.63, 3.8) is 0 Å². The van der Waals surface area contributed by atoms with Crippen LogP contribution in [0.15, 0.2) is 11.4 Å². The van der Waals surface area contributed by atoms with Gasteiger partial charge in [-0.1, -0.05) is 6.92 Å². The van der Waals surface area contributed by atoms with E-state index in [4.69, 9.17) is 23.1 Å². The molecule has 66 valence electrons. The predicted octanol–water partition coefficient (Wildman–Crippen LogP) is 0.716. The van der Waals surface area contributed by atoms with Crippen molar-refractivity contribution in [1.29, 1.82) is 0 Å². The molecule has 0 amide bonds. The number of nitrogens with one attached hydrogen (secondary N) is 1. The van der Waals surface area contributed by atoms with Crippen LogP contribution in [-0.2, 0) is 0 Å². The van der Waals surface area contributed by atoms with Crippen molar-refractivity contribution in [2.24, 2.45) is 17.4 Å². The van der Waals surface area contributed by atoms with Crippen LogP contribution in [0.4, 0.5) is 0 Å². The van der Waals surface area contributed by atoms with E-state index >= 15 is 0 Å². The lowest BCUT2D eigenvalue weighted by Gasteiger charge is -2.16. The lowest BCUT2D eigenvalue weighted by Crippen LogP contribution is -2.26. The van der Waals surface area contributed by atoms with E-state index in [0.717, 1.165) is 5.57 Å². The van der Waals surface area contributed by atoms with E-state index in [1.54, 1.807) is 0 Å². The molecule has 0 aliphatic rings. The van der Waals surface area contributed by atoms with Crippen molar-refractivity contribution in [3.8, 4) is 0 Å². The summed E-state index contributed by atoms with van der Waals surface area (Å²) in [5.74, 6) is 0.698. The Morgan fingerprint density at radius 2 is 2.09 bits per heavy atom. The van der Waals surface area contributed by atoms with Crippen molar-refractivity contribution >= 4 is 21.0 Å². The summed E-state index contributed by atoms with van der Waals surface area (Å²) >= 11 is 5.68. The summed E-state index contributed by atoms with van der Waals surface area (Å²) in [6.45, 7) is 3.83. The summed E-state index contributed by atoms with van der Waals surface area (Å²) < 4.78 is 0. The fourth-order valence-electron chi connectivity index (χ4n) is 0.598. The van der Waals surface area contributed by atoms with Gasteiger partial charge in [0.2, 0.25) is 0 Å². The molecule has 0 bridgehead atoms. The molecule has 5 N–H and O–H groups in total. The first kappa shape index (κ1) is 11.0. The number of hydrogen-bond donors (Lipinski definition) is 3. The van der Waals surface area contributed by atoms with Gasteiger partial charge in [-0.25, -0.2) is 0 Å². The summed E-state index contributed by atoms with van der Waals surface area (Å²) in [7, 11) is 2.32. The van der Waals surface area contributed by atoms with Gasteiger partial charge < -0.3 is 16.6 Å². The molecule has 0 aromatic rings. The summed E-state index contributed by atoms with van der Waals surface area (Å²) in [5, 5.41) is 2.76. The second kappa shape index (κ2) is 4.81. The van der Waals surface area contributed by atoms with Crippen LogP contribution in [0.5, 0.6) is 0 Å². The van der Waals surface area contributed by atoms with E-state index in [2.05, 4.69) is 14.5 Å². The number of nitrogens with two attached hydrogens (primary N) is 2. The molecule has 11 heavy (non-hydrogen) atoms. The van der Waals surface area contributed by atoms with Gasteiger partial charge in [-0.15, -0.1) is 11.6 Å². The monoisotopic (exact) mass is 195 g/mol. The molecule has 0 aromatic carbocycles. The van der Waals surface area contributed by atoms with E-state index in [0.29, 0.717) is 5.82 Å². The molecule has 0 radical (unpaired) electrons. The third kappa shape index (κ3) is 3.28. The Hall–Kier alpha value is 0.0200. The molecule has 0 saturated heterocycles. The zero-order valence-corrected chi connectivity index (χ0v) is 8.68. The topological polar surface area (TPSA) is 64.1 Å². The first-order valence-electron chi connectivity index (χ1n) is 3.33. The highest BCUT2D eigenvalue weighted by molar-refractivity contribution is 7.14. The van der Waals surface area contributed by atoms with E-state index in [9.17, 15) is 0 Å². The fourth-order valence-corrected chi connectivity index (χ4v) is 1.01. The van der Waals surface area contributed by atoms with Crippen LogP contribution in [0.25, 0.3) is 0 Å². The minimum absolute atomic E-state index is 0.0877. The molecule has 3 nitrogen and oxygen atoms in total. The van der Waals surface area contributed by atoms with Crippen LogP contribution < -0.4 is 16.6 Å². The van der Waals surface area contributed by atoms with Gasteiger partial charge >= 0.3 is 0 Å². The van der Waals surface area contributed by atoms with Gasteiger partial charge in [0.15, 0.2) is 0 Å². The minimum atomic E-state index is -0.383. The Labute approximate surface area is 74.8 Å². The summed E-state index contributed by atoms with van der Waals surface area (Å²) in [5.41, 5.74) is 11.7. The molecule has 0 fully saturated rings. The van der Waals surface area contributed by atoms with Gasteiger partial charge in [-0.3, -0.25) is 0 Å². The number of alkyl halides is 1. The third-order valence-electron chi connectivity index (χ3n) is 1.74. The largest absolute Gasteiger partial charge is 0.385 e. The molecule has 0 spiro atoms. The van der Waals surface area contributed by atoms with Gasteiger partial charge in [0, 0.05) is 5.92 Å². The number of hydrogen-bond acceptors (Lipinski definition) is 3. The quantitative estimate of drug-likeness (QED) is 0.353. The van der Waals surface area contributed by atoms with E-state index in [1.807, 2.05) is 13.8 Å². The van der Waals surface area contributed by atoms with E-state index < -0.39 is 0 Å². The Kier molecular flexibility index (Phi) is 4.82. The Morgan fingerprint density at radius 3 is 2.36 bits per heavy atom. The second-order valence-corrected chi connectivity index (χ2v) is 3.27. The highest BCUT2D eigenvalue weighted by Gasteiger charge is 2.13. The standard InChI is InChI=1S/C6H15ClN3P/c1-3(5(7)8)4(2)6(9)10-11/h3,5,10H,8-9,11H2,1-2H3/b6-4-/t3-,5+/m0/s1. The third-order valence-corrected chi connectivity index (χ3v) is 2.43. The summed E-state index contributed by atoms with van der Waals surface area (Å²) in [4.78, 5) is 0. The Balaban J connectivity index is 4.33. The zero-order valence-electron chi connectivity index (χ0n) is 6.76. The van der Waals surface area contributed by atoms with Crippen molar-refractivity contribution in [2.45, 2.75) is 19.3 Å². The predicted molar refractivity (Wildman–Crippen MR) is 52.7 cm³/mol. The molecule has 0 saturated carbocycles. The average Bonchev–Trinajstić information content (AvgIpc) is 2.00. The molecule has 1 unspecified atom stereocenters. The van der Waals surface area contributed by atoms with Crippen LogP contribution in [0.1, 0.15) is 13.8 Å². The van der Waals surface area contributed by atoms with Crippen molar-refractivity contribution < 1.29 is 0 Å². The smallest absolute Gasteiger partial charge is 0.0981 e. The van der Waals surface area contributed by atoms with Gasteiger partial charge in [-0.2, -0.15) is 0 Å². The lowest BCUT2D eigenvalue weighted by atomic mass is 10.0. The Bertz CT molecular complexity index is 158. The molecule has 0 aliphatic carbocycles. The van der Waals surface area contributed by atoms with Gasteiger partial charge in [-0.05, 0) is 21.9 Å². The van der Waals surface area contributed by atoms with Gasteiger partial charge in [0.25, 0.3) is 0 Å². The molecule has 3 atom stereocenters. The van der Waals surface area contributed by atoms with Crippen LogP contribution in [0.2, 0.25) is 0 Å². The van der Waals surface area contributed by atoms with Crippen LogP contribution in [0.3, 0.4) is 0 Å². The molecule has 5 heteroatoms. The van der Waals surface area contributed by atoms with E-state index in [1.165, 1.54) is 0 Å². The van der Waals surface area contributed by atoms with Crippen molar-refractivity contribution in [1.82, 2.24) is 5.09 Å². The van der Waals surface area contributed by atoms with Crippen LogP contribution >= 0.6 is 21.0 Å². The second-order valence-electron chi connectivity index (χ2n) is 2.47. The molecule has 0 rings (SSSR count). The highest BCUT2D eigenvalue weighted by Crippen LogP contribution is 2.16. The first-order valence-corrected chi connectivity index (χ1v) is 4.34. The average molecular weight is 196 g/mol. The van der Waals surface area contributed by atoms with Crippen molar-refractivity contribution in [2.75, 3.05) is 0 Å². The first-order chi connectivity index (χ1) is 5.00. The lowest BCUT2D eigenvalue weighted by molar-refractivity contribution is 0.633. The molecule has 0 heterocycles. The summed E-state index contributed by atoms with van der Waals surface area (Å²) in [6, 6.07) is 0. The molecular formula is C6H15ClN3P. The number of halogens is 1. The summed E-state index contributed by atoms with van der Waals surface area (Å²) in [6.07, 6.45) is 0. The van der Waals surface area contributed by atoms with Crippen LogP contribution in [0, 0.1) is 5.92 Å². The molecular weight excluding hydrogens is 181 g/mol. The maximum absolute atomic E-state index is 5.68. The fraction of sp³-hybridized carbons (Fsp3) is 0.667. The molecule has 0 aliphatic heterocycles. The molecule has 0 aromatic heterocycles. The zero-order chi connectivity index (χ0) is 9.02. The maximum atomic E-state index is 5.68. The SMILES string of the molecule is C/C(=C(\N)NP)[C@H](C)[C@@H](N)Cl. The number of rotatable bonds is 3. The Morgan fingerprint density at radius 1 is 1.64 bits per heavy atom. The highest BCUT2D eigenvalue weighted by atomic mass is 35.5. The van der Waals surface area contributed by atoms with Gasteiger partial charge in [0.05, 0.1) is 11.3 Å². The van der Waals surface area contributed by atoms with E-state index in [-0.39, 0.29) is 11.4 Å². The normalized spacial score (nSPS) is 18.6. The minimum Gasteiger partial charge on any atom is -0.385 e. The van der Waals surface area contributed by atoms with Crippen LogP contribution in [-0.4, -0.2) is 5.50 Å². The van der Waals surface area contributed by atoms with Gasteiger partial charge in [0.1, 0.15) is 0 Å². The maximum Gasteiger partial charge on any atom is 0.0981 e.